The zero-order valence-corrected chi connectivity index (χ0v) is 9.90. The number of sulfonamides is 1. The molecule has 0 unspecified atom stereocenters. The van der Waals surface area contributed by atoms with Crippen LogP contribution in [0.1, 0.15) is 0 Å². The van der Waals surface area contributed by atoms with E-state index in [1.807, 2.05) is 18.2 Å². The maximum absolute atomic E-state index is 11.9. The van der Waals surface area contributed by atoms with Gasteiger partial charge in [-0.15, -0.1) is 0 Å². The fraction of sp³-hybridized carbons (Fsp3) is 0. The van der Waals surface area contributed by atoms with Crippen molar-refractivity contribution in [2.24, 2.45) is 0 Å². The number of imidazole rings is 1. The third-order valence-electron chi connectivity index (χ3n) is 2.40. The molecule has 1 aromatic carbocycles. The van der Waals surface area contributed by atoms with Gasteiger partial charge in [-0.05, 0) is 12.1 Å². The molecule has 2 heterocycles. The Morgan fingerprint density at radius 1 is 1.22 bits per heavy atom. The average Bonchev–Trinajstić information content (AvgIpc) is 2.96. The number of benzene rings is 1. The number of hydrogen-bond donors (Lipinski definition) is 3. The van der Waals surface area contributed by atoms with Crippen LogP contribution in [0.4, 0.5) is 5.95 Å². The summed E-state index contributed by atoms with van der Waals surface area (Å²) in [4.78, 5) is 7.07. The minimum Gasteiger partial charge on any atom is -0.323 e. The quantitative estimate of drug-likeness (QED) is 0.658. The second-order valence-corrected chi connectivity index (χ2v) is 5.32. The molecule has 0 fully saturated rings. The molecule has 0 saturated carbocycles. The lowest BCUT2D eigenvalue weighted by atomic mass is 10.3. The van der Waals surface area contributed by atoms with Crippen LogP contribution >= 0.6 is 0 Å². The van der Waals surface area contributed by atoms with Crippen LogP contribution in [0.25, 0.3) is 11.0 Å². The van der Waals surface area contributed by atoms with E-state index >= 15 is 0 Å². The molecule has 0 saturated heterocycles. The van der Waals surface area contributed by atoms with E-state index in [2.05, 4.69) is 24.9 Å². The van der Waals surface area contributed by atoms with Crippen LogP contribution in [0.15, 0.2) is 41.6 Å². The van der Waals surface area contributed by atoms with Gasteiger partial charge >= 0.3 is 0 Å². The van der Waals surface area contributed by atoms with E-state index < -0.39 is 10.0 Å². The summed E-state index contributed by atoms with van der Waals surface area (Å²) < 4.78 is 26.2. The number of rotatable bonds is 3. The number of H-pyrrole nitrogens is 2. The van der Waals surface area contributed by atoms with Crippen molar-refractivity contribution in [3.8, 4) is 0 Å². The Kier molecular flexibility index (Phi) is 2.30. The Balaban J connectivity index is 1.97. The van der Waals surface area contributed by atoms with Gasteiger partial charge in [0.1, 0.15) is 4.90 Å². The van der Waals surface area contributed by atoms with Crippen molar-refractivity contribution >= 4 is 27.0 Å². The molecule has 2 aromatic heterocycles. The van der Waals surface area contributed by atoms with E-state index in [4.69, 9.17) is 0 Å². The fourth-order valence-corrected chi connectivity index (χ4v) is 2.44. The smallest absolute Gasteiger partial charge is 0.267 e. The fourth-order valence-electron chi connectivity index (χ4n) is 1.57. The number of fused-ring (bicyclic) bond motifs is 1. The van der Waals surface area contributed by atoms with Crippen LogP contribution in [0.5, 0.6) is 0 Å². The number of aromatic nitrogens is 4. The molecule has 0 aliphatic carbocycles. The van der Waals surface area contributed by atoms with E-state index in [1.54, 1.807) is 6.07 Å². The van der Waals surface area contributed by atoms with Gasteiger partial charge < -0.3 is 4.98 Å². The van der Waals surface area contributed by atoms with E-state index in [1.165, 1.54) is 12.4 Å². The summed E-state index contributed by atoms with van der Waals surface area (Å²) in [5.74, 6) is 0.178. The first-order chi connectivity index (χ1) is 8.65. The summed E-state index contributed by atoms with van der Waals surface area (Å²) in [6, 6.07) is 7.28. The molecule has 0 aliphatic heterocycles. The number of hydrogen-bond acceptors (Lipinski definition) is 4. The van der Waals surface area contributed by atoms with Gasteiger partial charge in [-0.1, -0.05) is 12.1 Å². The zero-order valence-electron chi connectivity index (χ0n) is 9.08. The average molecular weight is 263 g/mol. The second-order valence-electron chi connectivity index (χ2n) is 3.64. The van der Waals surface area contributed by atoms with Crippen molar-refractivity contribution in [3.05, 3.63) is 36.7 Å². The molecule has 0 spiro atoms. The van der Waals surface area contributed by atoms with Gasteiger partial charge in [-0.25, -0.2) is 18.1 Å². The highest BCUT2D eigenvalue weighted by Crippen LogP contribution is 2.16. The zero-order chi connectivity index (χ0) is 12.6. The molecule has 0 radical (unpaired) electrons. The normalized spacial score (nSPS) is 11.8. The van der Waals surface area contributed by atoms with Crippen molar-refractivity contribution in [2.45, 2.75) is 4.90 Å². The van der Waals surface area contributed by atoms with E-state index in [0.717, 1.165) is 5.52 Å². The van der Waals surface area contributed by atoms with Crippen LogP contribution < -0.4 is 4.72 Å². The Hall–Kier alpha value is -2.35. The van der Waals surface area contributed by atoms with E-state index in [9.17, 15) is 8.42 Å². The first-order valence-electron chi connectivity index (χ1n) is 5.11. The Morgan fingerprint density at radius 2 is 2.06 bits per heavy atom. The molecular weight excluding hydrogens is 254 g/mol. The van der Waals surface area contributed by atoms with Crippen LogP contribution in [-0.2, 0) is 10.0 Å². The largest absolute Gasteiger partial charge is 0.323 e. The molecule has 92 valence electrons. The van der Waals surface area contributed by atoms with Gasteiger partial charge in [0, 0.05) is 6.20 Å². The highest BCUT2D eigenvalue weighted by molar-refractivity contribution is 7.92. The lowest BCUT2D eigenvalue weighted by Gasteiger charge is -2.01. The highest BCUT2D eigenvalue weighted by Gasteiger charge is 2.16. The van der Waals surface area contributed by atoms with Gasteiger partial charge in [0.05, 0.1) is 17.2 Å². The number of nitrogens with one attached hydrogen (secondary N) is 3. The maximum Gasteiger partial charge on any atom is 0.267 e. The Morgan fingerprint density at radius 3 is 2.78 bits per heavy atom. The molecule has 0 aliphatic rings. The van der Waals surface area contributed by atoms with Crippen LogP contribution in [0.2, 0.25) is 0 Å². The number of aromatic amines is 2. The SMILES string of the molecule is O=S(=O)(Nc1nc2ccccc2[nH]1)c1cn[nH]c1. The van der Waals surface area contributed by atoms with Crippen molar-refractivity contribution < 1.29 is 8.42 Å². The molecule has 8 heteroatoms. The summed E-state index contributed by atoms with van der Waals surface area (Å²) in [6.45, 7) is 0. The summed E-state index contributed by atoms with van der Waals surface area (Å²) >= 11 is 0. The summed E-state index contributed by atoms with van der Waals surface area (Å²) in [6.07, 6.45) is 2.52. The van der Waals surface area contributed by atoms with Crippen molar-refractivity contribution in [1.82, 2.24) is 20.2 Å². The molecular formula is C10H9N5O2S. The van der Waals surface area contributed by atoms with Crippen LogP contribution in [-0.4, -0.2) is 28.6 Å². The van der Waals surface area contributed by atoms with Crippen LogP contribution in [0.3, 0.4) is 0 Å². The van der Waals surface area contributed by atoms with Crippen molar-refractivity contribution in [2.75, 3.05) is 4.72 Å². The molecule has 0 amide bonds. The first-order valence-corrected chi connectivity index (χ1v) is 6.60. The van der Waals surface area contributed by atoms with Gasteiger partial charge in [0.2, 0.25) is 5.95 Å². The molecule has 3 N–H and O–H groups in total. The lowest BCUT2D eigenvalue weighted by molar-refractivity contribution is 0.601. The van der Waals surface area contributed by atoms with Gasteiger partial charge in [0.25, 0.3) is 10.0 Å². The minimum absolute atomic E-state index is 0.0583. The molecule has 3 rings (SSSR count). The third-order valence-corrected chi connectivity index (χ3v) is 3.71. The standard InChI is InChI=1S/C10H9N5O2S/c16-18(17,7-5-11-12-6-7)15-10-13-8-3-1-2-4-9(8)14-10/h1-6H,(H,11,12)(H2,13,14,15). The van der Waals surface area contributed by atoms with Gasteiger partial charge in [-0.2, -0.15) is 5.10 Å². The summed E-state index contributed by atoms with van der Waals surface area (Å²) in [7, 11) is -3.66. The monoisotopic (exact) mass is 263 g/mol. The molecule has 0 atom stereocenters. The minimum atomic E-state index is -3.66. The summed E-state index contributed by atoms with van der Waals surface area (Å²) in [5.41, 5.74) is 1.46. The lowest BCUT2D eigenvalue weighted by Crippen LogP contribution is -2.13. The van der Waals surface area contributed by atoms with E-state index in [0.29, 0.717) is 5.52 Å². The predicted molar refractivity (Wildman–Crippen MR) is 65.5 cm³/mol. The molecule has 18 heavy (non-hydrogen) atoms. The topological polar surface area (TPSA) is 104 Å². The Bertz CT molecular complexity index is 743. The maximum atomic E-state index is 11.9. The number of anilines is 1. The number of para-hydroxylation sites is 2. The summed E-state index contributed by atoms with van der Waals surface area (Å²) in [5, 5.41) is 6.05. The van der Waals surface area contributed by atoms with Crippen LogP contribution in [0, 0.1) is 0 Å². The highest BCUT2D eigenvalue weighted by atomic mass is 32.2. The Labute approximate surface area is 102 Å². The van der Waals surface area contributed by atoms with Gasteiger partial charge in [0.15, 0.2) is 0 Å². The second kappa shape index (κ2) is 3.84. The van der Waals surface area contributed by atoms with Crippen molar-refractivity contribution in [3.63, 3.8) is 0 Å². The molecule has 7 nitrogen and oxygen atoms in total. The first kappa shape index (κ1) is 10.8. The van der Waals surface area contributed by atoms with Crippen molar-refractivity contribution in [1.29, 1.82) is 0 Å². The van der Waals surface area contributed by atoms with Gasteiger partial charge in [-0.3, -0.25) is 5.10 Å². The molecule has 0 bridgehead atoms. The number of nitrogens with zero attached hydrogens (tertiary/aromatic N) is 2. The molecule has 3 aromatic rings. The third kappa shape index (κ3) is 1.82. The van der Waals surface area contributed by atoms with E-state index in [-0.39, 0.29) is 10.8 Å². The predicted octanol–water partition coefficient (Wildman–Crippen LogP) is 1.09.